The molecule has 1 aromatic rings. The van der Waals surface area contributed by atoms with Gasteiger partial charge in [-0.15, -0.1) is 11.6 Å². The molecule has 1 aromatic carbocycles. The van der Waals surface area contributed by atoms with E-state index in [0.29, 0.717) is 18.3 Å². The van der Waals surface area contributed by atoms with Gasteiger partial charge in [0.2, 0.25) is 11.9 Å². The maximum atomic E-state index is 12.7. The van der Waals surface area contributed by atoms with Crippen molar-refractivity contribution in [3.63, 3.8) is 0 Å². The first-order chi connectivity index (χ1) is 12.4. The number of guanidine groups is 1. The molecule has 0 saturated carbocycles. The average molecular weight is 379 g/mol. The highest BCUT2D eigenvalue weighted by atomic mass is 35.5. The lowest BCUT2D eigenvalue weighted by Gasteiger charge is -2.32. The highest BCUT2D eigenvalue weighted by molar-refractivity contribution is 6.22. The quantitative estimate of drug-likeness (QED) is 0.559. The standard InChI is InChI=1S/C17H20ClN5O3/c1-21-14-13(15(25)22(2)17(21)26)23(10-12(24)8-18)16(20-14)19-9-11-6-4-3-5-7-11/h3-7,12-13,24H,8-10H2,1-2H3/p+1. The molecule has 9 heteroatoms. The van der Waals surface area contributed by atoms with E-state index in [1.54, 1.807) is 11.6 Å². The number of aliphatic imine (C=N–C) groups is 1. The number of benzene rings is 1. The zero-order valence-electron chi connectivity index (χ0n) is 14.6. The van der Waals surface area contributed by atoms with Gasteiger partial charge in [0, 0.05) is 14.1 Å². The van der Waals surface area contributed by atoms with Gasteiger partial charge in [0.25, 0.3) is 5.91 Å². The summed E-state index contributed by atoms with van der Waals surface area (Å²) in [4.78, 5) is 31.7. The molecule has 2 heterocycles. The van der Waals surface area contributed by atoms with Gasteiger partial charge in [0.1, 0.15) is 0 Å². The lowest BCUT2D eigenvalue weighted by atomic mass is 10.1. The first-order valence-electron chi connectivity index (χ1n) is 8.23. The van der Waals surface area contributed by atoms with Crippen molar-refractivity contribution in [3.05, 3.63) is 35.9 Å². The monoisotopic (exact) mass is 378 g/mol. The maximum Gasteiger partial charge on any atom is 0.390 e. The van der Waals surface area contributed by atoms with E-state index in [0.717, 1.165) is 10.5 Å². The fraction of sp³-hybridized carbons (Fsp3) is 0.412. The predicted molar refractivity (Wildman–Crippen MR) is 97.3 cm³/mol. The Balaban J connectivity index is 1.92. The number of amides is 3. The Morgan fingerprint density at radius 1 is 1.27 bits per heavy atom. The Labute approximate surface area is 156 Å². The van der Waals surface area contributed by atoms with Gasteiger partial charge in [-0.2, -0.15) is 0 Å². The number of hydrogen-bond acceptors (Lipinski definition) is 5. The normalized spacial score (nSPS) is 21.1. The molecule has 0 spiro atoms. The molecule has 26 heavy (non-hydrogen) atoms. The molecule has 0 aliphatic carbocycles. The smallest absolute Gasteiger partial charge is 0.389 e. The Bertz CT molecular complexity index is 780. The number of aliphatic hydroxyl groups is 1. The van der Waals surface area contributed by atoms with E-state index in [2.05, 4.69) is 10.3 Å². The number of fused-ring (bicyclic) bond motifs is 1. The Hall–Kier alpha value is -2.45. The van der Waals surface area contributed by atoms with Crippen LogP contribution in [-0.2, 0) is 11.3 Å². The van der Waals surface area contributed by atoms with Crippen LogP contribution in [0.2, 0.25) is 0 Å². The number of likely N-dealkylation sites (N-methyl/N-ethyl adjacent to an activating group) is 2. The molecule has 2 unspecified atom stereocenters. The third-order valence-electron chi connectivity index (χ3n) is 4.41. The second-order valence-corrected chi connectivity index (χ2v) is 6.54. The number of urea groups is 1. The molecular formula is C17H21ClN5O3+. The maximum absolute atomic E-state index is 12.7. The van der Waals surface area contributed by atoms with Gasteiger partial charge in [0.15, 0.2) is 0 Å². The number of halogens is 1. The lowest BCUT2D eigenvalue weighted by molar-refractivity contribution is -0.544. The number of aliphatic hydroxyl groups excluding tert-OH is 1. The fourth-order valence-electron chi connectivity index (χ4n) is 2.98. The summed E-state index contributed by atoms with van der Waals surface area (Å²) in [6.07, 6.45) is -0.833. The number of carbonyl (C=O) groups excluding carboxylic acids is 2. The van der Waals surface area contributed by atoms with Gasteiger partial charge in [-0.25, -0.2) is 9.37 Å². The minimum absolute atomic E-state index is 0.0311. The van der Waals surface area contributed by atoms with Crippen molar-refractivity contribution in [1.82, 2.24) is 15.1 Å². The number of carbonyl (C=O) groups is 2. The molecule has 2 aliphatic heterocycles. The molecule has 0 bridgehead atoms. The van der Waals surface area contributed by atoms with Crippen molar-refractivity contribution < 1.29 is 19.3 Å². The average Bonchev–Trinajstić information content (AvgIpc) is 3.02. The summed E-state index contributed by atoms with van der Waals surface area (Å²) in [6, 6.07) is 8.53. The van der Waals surface area contributed by atoms with E-state index < -0.39 is 18.2 Å². The summed E-state index contributed by atoms with van der Waals surface area (Å²) in [6.45, 7) is 0.620. The van der Waals surface area contributed by atoms with Gasteiger partial charge in [-0.05, 0) is 5.56 Å². The summed E-state index contributed by atoms with van der Waals surface area (Å²) in [7, 11) is 3.01. The van der Waals surface area contributed by atoms with Crippen LogP contribution in [0.15, 0.2) is 35.3 Å². The molecule has 1 fully saturated rings. The van der Waals surface area contributed by atoms with Crippen LogP contribution in [0.25, 0.3) is 0 Å². The zero-order chi connectivity index (χ0) is 18.8. The molecule has 3 rings (SSSR count). The number of hydrogen-bond donors (Lipinski definition) is 2. The SMILES string of the molecule is CN1C(=O)C2C(=NC(NCc3ccccc3)=[N+]2CC(O)CCl)N(C)C1=O. The minimum atomic E-state index is -0.833. The molecule has 2 aliphatic rings. The molecule has 8 nitrogen and oxygen atoms in total. The summed E-state index contributed by atoms with van der Waals surface area (Å²) in [5, 5.41) is 13.2. The van der Waals surface area contributed by atoms with Crippen LogP contribution in [0.3, 0.4) is 0 Å². The van der Waals surface area contributed by atoms with Gasteiger partial charge in [-0.3, -0.25) is 19.9 Å². The van der Waals surface area contributed by atoms with Crippen LogP contribution in [0.5, 0.6) is 0 Å². The first kappa shape index (κ1) is 18.3. The van der Waals surface area contributed by atoms with Gasteiger partial charge in [0.05, 0.1) is 25.1 Å². The second kappa shape index (κ2) is 7.43. The Morgan fingerprint density at radius 3 is 2.62 bits per heavy atom. The third kappa shape index (κ3) is 3.30. The van der Waals surface area contributed by atoms with Crippen molar-refractivity contribution in [2.45, 2.75) is 18.7 Å². The summed E-state index contributed by atoms with van der Waals surface area (Å²) >= 11 is 5.74. The molecule has 0 aromatic heterocycles. The summed E-state index contributed by atoms with van der Waals surface area (Å²) in [5.41, 5.74) is 1.04. The third-order valence-corrected chi connectivity index (χ3v) is 4.77. The lowest BCUT2D eigenvalue weighted by Crippen LogP contribution is -2.62. The predicted octanol–water partition coefficient (Wildman–Crippen LogP) is 0.0489. The van der Waals surface area contributed by atoms with Crippen molar-refractivity contribution in [1.29, 1.82) is 0 Å². The summed E-state index contributed by atoms with van der Waals surface area (Å²) < 4.78 is 1.66. The largest absolute Gasteiger partial charge is 0.390 e. The van der Waals surface area contributed by atoms with Crippen LogP contribution in [-0.4, -0.2) is 81.9 Å². The van der Waals surface area contributed by atoms with Crippen molar-refractivity contribution in [3.8, 4) is 0 Å². The molecule has 2 N–H and O–H groups in total. The van der Waals surface area contributed by atoms with Gasteiger partial charge >= 0.3 is 12.0 Å². The minimum Gasteiger partial charge on any atom is -0.389 e. The molecule has 2 atom stereocenters. The molecule has 138 valence electrons. The van der Waals surface area contributed by atoms with Crippen LogP contribution < -0.4 is 5.32 Å². The molecule has 1 saturated heterocycles. The highest BCUT2D eigenvalue weighted by Crippen LogP contribution is 2.19. The van der Waals surface area contributed by atoms with Gasteiger partial charge < -0.3 is 5.11 Å². The number of β-amino-alcohol motifs (C(OH)–C–C–N with tert-alkyl or cyclic N) is 1. The number of nitrogens with one attached hydrogen (secondary N) is 1. The topological polar surface area (TPSA) is 88.2 Å². The Morgan fingerprint density at radius 2 is 1.96 bits per heavy atom. The van der Waals surface area contributed by atoms with Crippen molar-refractivity contribution in [2.75, 3.05) is 26.5 Å². The van der Waals surface area contributed by atoms with Crippen LogP contribution in [0, 0.1) is 0 Å². The number of imide groups is 1. The number of amidine groups is 1. The van der Waals surface area contributed by atoms with E-state index in [-0.39, 0.29) is 18.3 Å². The van der Waals surface area contributed by atoms with E-state index in [9.17, 15) is 14.7 Å². The van der Waals surface area contributed by atoms with E-state index in [4.69, 9.17) is 11.6 Å². The first-order valence-corrected chi connectivity index (χ1v) is 8.76. The van der Waals surface area contributed by atoms with Crippen molar-refractivity contribution >= 4 is 35.3 Å². The molecule has 0 radical (unpaired) electrons. The van der Waals surface area contributed by atoms with Crippen molar-refractivity contribution in [2.24, 2.45) is 4.99 Å². The molecular weight excluding hydrogens is 358 g/mol. The number of nitrogens with zero attached hydrogens (tertiary/aromatic N) is 4. The van der Waals surface area contributed by atoms with E-state index in [1.807, 2.05) is 30.3 Å². The van der Waals surface area contributed by atoms with E-state index >= 15 is 0 Å². The van der Waals surface area contributed by atoms with Crippen LogP contribution in [0.1, 0.15) is 5.56 Å². The van der Waals surface area contributed by atoms with E-state index in [1.165, 1.54) is 11.9 Å². The van der Waals surface area contributed by atoms with Crippen LogP contribution >= 0.6 is 11.6 Å². The zero-order valence-corrected chi connectivity index (χ0v) is 15.3. The molecule has 3 amide bonds. The second-order valence-electron chi connectivity index (χ2n) is 6.23. The summed E-state index contributed by atoms with van der Waals surface area (Å²) in [5.74, 6) is 0.422. The fourth-order valence-corrected chi connectivity index (χ4v) is 3.08. The number of rotatable bonds is 5. The van der Waals surface area contributed by atoms with Crippen LogP contribution in [0.4, 0.5) is 4.79 Å². The Kier molecular flexibility index (Phi) is 5.24. The highest BCUT2D eigenvalue weighted by Gasteiger charge is 2.51. The number of alkyl halides is 1. The van der Waals surface area contributed by atoms with Gasteiger partial charge in [-0.1, -0.05) is 35.3 Å².